The summed E-state index contributed by atoms with van der Waals surface area (Å²) >= 11 is 0. The maximum Gasteiger partial charge on any atom is 0.124 e. The number of phenols is 1. The van der Waals surface area contributed by atoms with E-state index in [4.69, 9.17) is 0 Å². The Morgan fingerprint density at radius 2 is 1.94 bits per heavy atom. The van der Waals surface area contributed by atoms with Crippen molar-refractivity contribution in [2.24, 2.45) is 11.8 Å². The van der Waals surface area contributed by atoms with Gasteiger partial charge >= 0.3 is 0 Å². The first-order chi connectivity index (χ1) is 7.77. The zero-order chi connectivity index (χ0) is 11.2. The molecular formula is C14H16O2. The standard InChI is InChI=1S/C14H16O2/c15-9-12-8-14(12,10-2-1-3-10)11-4-6-13(16)7-5-11/h4-7,9-10,12,16H,1-3,8H2. The maximum atomic E-state index is 11.0. The Kier molecular flexibility index (Phi) is 2.06. The van der Waals surface area contributed by atoms with Crippen molar-refractivity contribution in [1.82, 2.24) is 0 Å². The number of aldehydes is 1. The average molecular weight is 216 g/mol. The first-order valence-corrected chi connectivity index (χ1v) is 6.02. The molecule has 2 aliphatic rings. The van der Waals surface area contributed by atoms with E-state index in [1.807, 2.05) is 12.1 Å². The minimum Gasteiger partial charge on any atom is -0.508 e. The molecule has 2 fully saturated rings. The summed E-state index contributed by atoms with van der Waals surface area (Å²) in [5, 5.41) is 9.31. The van der Waals surface area contributed by atoms with Crippen molar-refractivity contribution in [3.05, 3.63) is 29.8 Å². The van der Waals surface area contributed by atoms with E-state index in [9.17, 15) is 9.90 Å². The van der Waals surface area contributed by atoms with E-state index in [1.165, 1.54) is 24.8 Å². The molecule has 2 atom stereocenters. The molecule has 0 saturated heterocycles. The summed E-state index contributed by atoms with van der Waals surface area (Å²) in [5.41, 5.74) is 1.36. The van der Waals surface area contributed by atoms with Gasteiger partial charge in [0, 0.05) is 11.3 Å². The molecule has 0 radical (unpaired) electrons. The Labute approximate surface area is 95.3 Å². The van der Waals surface area contributed by atoms with Crippen LogP contribution in [-0.2, 0) is 10.2 Å². The molecule has 1 N–H and O–H groups in total. The zero-order valence-corrected chi connectivity index (χ0v) is 9.23. The molecular weight excluding hydrogens is 200 g/mol. The van der Waals surface area contributed by atoms with E-state index >= 15 is 0 Å². The number of carbonyl (C=O) groups is 1. The van der Waals surface area contributed by atoms with Gasteiger partial charge in [-0.3, -0.25) is 0 Å². The van der Waals surface area contributed by atoms with Crippen molar-refractivity contribution >= 4 is 6.29 Å². The second-order valence-corrected chi connectivity index (χ2v) is 5.16. The molecule has 2 saturated carbocycles. The van der Waals surface area contributed by atoms with Gasteiger partial charge in [0.1, 0.15) is 12.0 Å². The van der Waals surface area contributed by atoms with Crippen LogP contribution < -0.4 is 0 Å². The Hall–Kier alpha value is -1.31. The van der Waals surface area contributed by atoms with Crippen LogP contribution in [0, 0.1) is 11.8 Å². The fourth-order valence-corrected chi connectivity index (χ4v) is 3.21. The van der Waals surface area contributed by atoms with Gasteiger partial charge in [-0.2, -0.15) is 0 Å². The number of aromatic hydroxyl groups is 1. The molecule has 0 aromatic heterocycles. The van der Waals surface area contributed by atoms with Crippen molar-refractivity contribution in [3.63, 3.8) is 0 Å². The molecule has 84 valence electrons. The maximum absolute atomic E-state index is 11.0. The summed E-state index contributed by atoms with van der Waals surface area (Å²) in [7, 11) is 0. The minimum absolute atomic E-state index is 0.119. The molecule has 2 unspecified atom stereocenters. The van der Waals surface area contributed by atoms with Crippen molar-refractivity contribution in [1.29, 1.82) is 0 Å². The summed E-state index contributed by atoms with van der Waals surface area (Å²) in [6, 6.07) is 7.43. The van der Waals surface area contributed by atoms with Crippen LogP contribution in [0.1, 0.15) is 31.2 Å². The number of phenolic OH excluding ortho intramolecular Hbond substituents is 1. The third-order valence-corrected chi connectivity index (χ3v) is 4.46. The van der Waals surface area contributed by atoms with Crippen molar-refractivity contribution < 1.29 is 9.90 Å². The average Bonchev–Trinajstić information content (AvgIpc) is 2.92. The molecule has 0 spiro atoms. The monoisotopic (exact) mass is 216 g/mol. The van der Waals surface area contributed by atoms with Crippen molar-refractivity contribution in [3.8, 4) is 5.75 Å². The highest BCUT2D eigenvalue weighted by molar-refractivity contribution is 5.65. The number of benzene rings is 1. The van der Waals surface area contributed by atoms with Crippen LogP contribution in [0.4, 0.5) is 0 Å². The van der Waals surface area contributed by atoms with Gasteiger partial charge in [-0.15, -0.1) is 0 Å². The van der Waals surface area contributed by atoms with Crippen LogP contribution >= 0.6 is 0 Å². The molecule has 2 nitrogen and oxygen atoms in total. The molecule has 16 heavy (non-hydrogen) atoms. The second kappa shape index (κ2) is 3.34. The van der Waals surface area contributed by atoms with Gasteiger partial charge in [0.15, 0.2) is 0 Å². The predicted molar refractivity (Wildman–Crippen MR) is 61.3 cm³/mol. The molecule has 0 amide bonds. The zero-order valence-electron chi connectivity index (χ0n) is 9.23. The summed E-state index contributed by atoms with van der Waals surface area (Å²) in [4.78, 5) is 11.0. The number of carbonyl (C=O) groups excluding carboxylic acids is 1. The van der Waals surface area contributed by atoms with Crippen LogP contribution in [0.15, 0.2) is 24.3 Å². The van der Waals surface area contributed by atoms with Crippen molar-refractivity contribution in [2.75, 3.05) is 0 Å². The molecule has 0 bridgehead atoms. The van der Waals surface area contributed by atoms with Crippen LogP contribution in [0.25, 0.3) is 0 Å². The Balaban J connectivity index is 1.95. The van der Waals surface area contributed by atoms with Crippen LogP contribution in [-0.4, -0.2) is 11.4 Å². The lowest BCUT2D eigenvalue weighted by Gasteiger charge is -2.35. The molecule has 3 rings (SSSR count). The third-order valence-electron chi connectivity index (χ3n) is 4.46. The lowest BCUT2D eigenvalue weighted by Crippen LogP contribution is -2.29. The largest absolute Gasteiger partial charge is 0.508 e. The van der Waals surface area contributed by atoms with Gasteiger partial charge in [-0.1, -0.05) is 18.6 Å². The highest BCUT2D eigenvalue weighted by atomic mass is 16.3. The Bertz CT molecular complexity index is 405. The fraction of sp³-hybridized carbons (Fsp3) is 0.500. The number of hydrogen-bond donors (Lipinski definition) is 1. The summed E-state index contributed by atoms with van der Waals surface area (Å²) < 4.78 is 0. The second-order valence-electron chi connectivity index (χ2n) is 5.16. The van der Waals surface area contributed by atoms with Gasteiger partial charge in [-0.25, -0.2) is 0 Å². The normalized spacial score (nSPS) is 33.1. The summed E-state index contributed by atoms with van der Waals surface area (Å²) in [5.74, 6) is 1.20. The molecule has 2 aliphatic carbocycles. The highest BCUT2D eigenvalue weighted by Crippen LogP contribution is 2.63. The topological polar surface area (TPSA) is 37.3 Å². The van der Waals surface area contributed by atoms with Crippen molar-refractivity contribution in [2.45, 2.75) is 31.1 Å². The predicted octanol–water partition coefficient (Wildman–Crippen LogP) is 2.65. The lowest BCUT2D eigenvalue weighted by atomic mass is 9.69. The van der Waals surface area contributed by atoms with Gasteiger partial charge < -0.3 is 9.90 Å². The van der Waals surface area contributed by atoms with Gasteiger partial charge in [0.25, 0.3) is 0 Å². The Morgan fingerprint density at radius 3 is 2.38 bits per heavy atom. The Morgan fingerprint density at radius 1 is 1.25 bits per heavy atom. The van der Waals surface area contributed by atoms with E-state index in [-0.39, 0.29) is 11.3 Å². The first kappa shape index (κ1) is 9.88. The molecule has 1 aromatic rings. The van der Waals surface area contributed by atoms with Gasteiger partial charge in [0.2, 0.25) is 0 Å². The van der Waals surface area contributed by atoms with E-state index in [0.29, 0.717) is 11.7 Å². The van der Waals surface area contributed by atoms with Crippen LogP contribution in [0.3, 0.4) is 0 Å². The van der Waals surface area contributed by atoms with E-state index in [0.717, 1.165) is 12.7 Å². The summed E-state index contributed by atoms with van der Waals surface area (Å²) in [6.45, 7) is 0. The summed E-state index contributed by atoms with van der Waals surface area (Å²) in [6.07, 6.45) is 5.93. The van der Waals surface area contributed by atoms with Crippen LogP contribution in [0.2, 0.25) is 0 Å². The minimum atomic E-state index is 0.119. The van der Waals surface area contributed by atoms with Gasteiger partial charge in [0.05, 0.1) is 0 Å². The van der Waals surface area contributed by atoms with Crippen LogP contribution in [0.5, 0.6) is 5.75 Å². The third kappa shape index (κ3) is 1.22. The molecule has 1 aromatic carbocycles. The fourth-order valence-electron chi connectivity index (χ4n) is 3.21. The molecule has 2 heteroatoms. The van der Waals surface area contributed by atoms with Gasteiger partial charge in [-0.05, 0) is 42.9 Å². The quantitative estimate of drug-likeness (QED) is 0.789. The molecule has 0 heterocycles. The molecule has 0 aliphatic heterocycles. The smallest absolute Gasteiger partial charge is 0.124 e. The number of rotatable bonds is 3. The van der Waals surface area contributed by atoms with E-state index < -0.39 is 0 Å². The SMILES string of the molecule is O=CC1CC1(c1ccc(O)cc1)C1CCC1. The first-order valence-electron chi connectivity index (χ1n) is 6.02. The highest BCUT2D eigenvalue weighted by Gasteiger charge is 2.60. The van der Waals surface area contributed by atoms with E-state index in [1.54, 1.807) is 12.1 Å². The van der Waals surface area contributed by atoms with E-state index in [2.05, 4.69) is 0 Å². The number of hydrogen-bond acceptors (Lipinski definition) is 2. The lowest BCUT2D eigenvalue weighted by molar-refractivity contribution is -0.109.